The van der Waals surface area contributed by atoms with E-state index in [-0.39, 0.29) is 0 Å². The molecule has 0 unspecified atom stereocenters. The molecule has 15 heavy (non-hydrogen) atoms. The van der Waals surface area contributed by atoms with Gasteiger partial charge in [-0.15, -0.1) is 0 Å². The molecule has 0 aliphatic carbocycles. The summed E-state index contributed by atoms with van der Waals surface area (Å²) in [6, 6.07) is 0. The maximum absolute atomic E-state index is 9.39. The number of hydrogen-bond donors (Lipinski definition) is 1. The van der Waals surface area contributed by atoms with E-state index in [1.807, 2.05) is 0 Å². The summed E-state index contributed by atoms with van der Waals surface area (Å²) in [5.74, 6) is 6.26. The molecular formula is C12H16N2O. The van der Waals surface area contributed by atoms with Crippen molar-refractivity contribution in [3.63, 3.8) is 0 Å². The molecule has 0 radical (unpaired) electrons. The van der Waals surface area contributed by atoms with Gasteiger partial charge in [-0.25, -0.2) is 9.97 Å². The van der Waals surface area contributed by atoms with Crippen LogP contribution in [0.4, 0.5) is 0 Å². The van der Waals surface area contributed by atoms with E-state index in [4.69, 9.17) is 0 Å². The average Bonchev–Trinajstić information content (AvgIpc) is 2.14. The minimum Gasteiger partial charge on any atom is -0.378 e. The largest absolute Gasteiger partial charge is 0.378 e. The zero-order valence-corrected chi connectivity index (χ0v) is 9.57. The first kappa shape index (κ1) is 11.7. The van der Waals surface area contributed by atoms with Crippen molar-refractivity contribution in [3.05, 3.63) is 23.8 Å². The molecule has 1 aromatic heterocycles. The van der Waals surface area contributed by atoms with Gasteiger partial charge in [-0.3, -0.25) is 0 Å². The first-order valence-electron chi connectivity index (χ1n) is 4.96. The van der Waals surface area contributed by atoms with Gasteiger partial charge in [-0.2, -0.15) is 0 Å². The fraction of sp³-hybridized carbons (Fsp3) is 0.500. The Morgan fingerprint density at radius 1 is 1.27 bits per heavy atom. The lowest BCUT2D eigenvalue weighted by Crippen LogP contribution is -2.14. The lowest BCUT2D eigenvalue weighted by Gasteiger charge is -2.06. The molecule has 80 valence electrons. The van der Waals surface area contributed by atoms with Gasteiger partial charge >= 0.3 is 0 Å². The van der Waals surface area contributed by atoms with Crippen molar-refractivity contribution in [3.8, 4) is 11.8 Å². The zero-order chi connectivity index (χ0) is 11.5. The van der Waals surface area contributed by atoms with Crippen molar-refractivity contribution in [2.45, 2.75) is 39.2 Å². The number of aliphatic hydroxyl groups is 1. The molecule has 3 heteroatoms. The molecule has 0 aliphatic heterocycles. The SMILES string of the molecule is CC(C)c1cnc(C#CC(C)(C)O)nc1. The second-order valence-corrected chi connectivity index (χ2v) is 4.30. The minimum absolute atomic E-state index is 0.418. The van der Waals surface area contributed by atoms with E-state index < -0.39 is 5.60 Å². The van der Waals surface area contributed by atoms with Gasteiger partial charge in [-0.1, -0.05) is 19.8 Å². The quantitative estimate of drug-likeness (QED) is 0.708. The highest BCUT2D eigenvalue weighted by molar-refractivity contribution is 5.25. The van der Waals surface area contributed by atoms with E-state index in [1.165, 1.54) is 0 Å². The molecular weight excluding hydrogens is 188 g/mol. The fourth-order valence-corrected chi connectivity index (χ4v) is 0.910. The highest BCUT2D eigenvalue weighted by Crippen LogP contribution is 2.10. The van der Waals surface area contributed by atoms with E-state index in [0.717, 1.165) is 5.56 Å². The molecule has 1 rings (SSSR count). The van der Waals surface area contributed by atoms with Gasteiger partial charge in [0.2, 0.25) is 5.82 Å². The van der Waals surface area contributed by atoms with Gasteiger partial charge in [0.15, 0.2) is 0 Å². The first-order chi connectivity index (χ1) is 6.88. The van der Waals surface area contributed by atoms with Crippen LogP contribution in [0.2, 0.25) is 0 Å². The van der Waals surface area contributed by atoms with Crippen molar-refractivity contribution in [1.29, 1.82) is 0 Å². The van der Waals surface area contributed by atoms with Crippen molar-refractivity contribution in [2.75, 3.05) is 0 Å². The van der Waals surface area contributed by atoms with Crippen LogP contribution in [-0.2, 0) is 0 Å². The predicted octanol–water partition coefficient (Wildman–Crippen LogP) is 1.72. The van der Waals surface area contributed by atoms with Crippen molar-refractivity contribution in [2.24, 2.45) is 0 Å². The lowest BCUT2D eigenvalue weighted by molar-refractivity contribution is 0.143. The summed E-state index contributed by atoms with van der Waals surface area (Å²) >= 11 is 0. The molecule has 0 aliphatic rings. The van der Waals surface area contributed by atoms with E-state index in [1.54, 1.807) is 26.2 Å². The molecule has 0 spiro atoms. The van der Waals surface area contributed by atoms with Crippen LogP contribution in [-0.4, -0.2) is 20.7 Å². The first-order valence-corrected chi connectivity index (χ1v) is 4.96. The van der Waals surface area contributed by atoms with Gasteiger partial charge in [0, 0.05) is 12.4 Å². The molecule has 1 N–H and O–H groups in total. The molecule has 0 aromatic carbocycles. The summed E-state index contributed by atoms with van der Waals surface area (Å²) in [5, 5.41) is 9.39. The summed E-state index contributed by atoms with van der Waals surface area (Å²) in [4.78, 5) is 8.21. The molecule has 1 heterocycles. The Morgan fingerprint density at radius 2 is 1.80 bits per heavy atom. The van der Waals surface area contributed by atoms with Crippen LogP contribution in [0.25, 0.3) is 0 Å². The summed E-state index contributed by atoms with van der Waals surface area (Å²) < 4.78 is 0. The van der Waals surface area contributed by atoms with Crippen LogP contribution in [0.5, 0.6) is 0 Å². The third-order valence-corrected chi connectivity index (χ3v) is 1.82. The Bertz CT molecular complexity index is 377. The standard InChI is InChI=1S/C12H16N2O/c1-9(2)10-7-13-11(14-8-10)5-6-12(3,4)15/h7-9,15H,1-4H3. The monoisotopic (exact) mass is 204 g/mol. The molecule has 0 fully saturated rings. The maximum Gasteiger partial charge on any atom is 0.204 e. The Kier molecular flexibility index (Phi) is 3.43. The van der Waals surface area contributed by atoms with Crippen LogP contribution in [0, 0.1) is 11.8 Å². The second kappa shape index (κ2) is 4.41. The maximum atomic E-state index is 9.39. The topological polar surface area (TPSA) is 46.0 Å². The molecule has 0 saturated heterocycles. The van der Waals surface area contributed by atoms with Crippen molar-refractivity contribution >= 4 is 0 Å². The van der Waals surface area contributed by atoms with Crippen LogP contribution in [0.1, 0.15) is 45.0 Å². The number of aromatic nitrogens is 2. The van der Waals surface area contributed by atoms with E-state index in [9.17, 15) is 5.11 Å². The molecule has 0 bridgehead atoms. The number of nitrogens with zero attached hydrogens (tertiary/aromatic N) is 2. The van der Waals surface area contributed by atoms with Gasteiger partial charge in [0.05, 0.1) is 0 Å². The molecule has 1 aromatic rings. The van der Waals surface area contributed by atoms with Crippen molar-refractivity contribution in [1.82, 2.24) is 9.97 Å². The van der Waals surface area contributed by atoms with E-state index >= 15 is 0 Å². The fourth-order valence-electron chi connectivity index (χ4n) is 0.910. The number of rotatable bonds is 1. The molecule has 0 amide bonds. The Balaban J connectivity index is 2.85. The smallest absolute Gasteiger partial charge is 0.204 e. The predicted molar refractivity (Wildman–Crippen MR) is 59.3 cm³/mol. The Hall–Kier alpha value is -1.40. The average molecular weight is 204 g/mol. The van der Waals surface area contributed by atoms with Gasteiger partial charge in [-0.05, 0) is 31.2 Å². The van der Waals surface area contributed by atoms with Crippen LogP contribution in [0.3, 0.4) is 0 Å². The van der Waals surface area contributed by atoms with Gasteiger partial charge < -0.3 is 5.11 Å². The molecule has 3 nitrogen and oxygen atoms in total. The van der Waals surface area contributed by atoms with Crippen LogP contribution in [0.15, 0.2) is 12.4 Å². The summed E-state index contributed by atoms with van der Waals surface area (Å²) in [6.07, 6.45) is 3.54. The van der Waals surface area contributed by atoms with E-state index in [2.05, 4.69) is 35.7 Å². The minimum atomic E-state index is -1.000. The summed E-state index contributed by atoms with van der Waals surface area (Å²) in [5.41, 5.74) is 0.0869. The third-order valence-electron chi connectivity index (χ3n) is 1.82. The highest BCUT2D eigenvalue weighted by Gasteiger charge is 2.06. The van der Waals surface area contributed by atoms with Crippen molar-refractivity contribution < 1.29 is 5.11 Å². The third kappa shape index (κ3) is 4.09. The van der Waals surface area contributed by atoms with E-state index in [0.29, 0.717) is 11.7 Å². The molecule has 0 atom stereocenters. The lowest BCUT2D eigenvalue weighted by atomic mass is 10.1. The Labute approximate surface area is 90.6 Å². The number of hydrogen-bond acceptors (Lipinski definition) is 3. The van der Waals surface area contributed by atoms with Gasteiger partial charge in [0.25, 0.3) is 0 Å². The normalized spacial score (nSPS) is 11.1. The van der Waals surface area contributed by atoms with Gasteiger partial charge in [0.1, 0.15) is 5.60 Å². The highest BCUT2D eigenvalue weighted by atomic mass is 16.3. The summed E-state index contributed by atoms with van der Waals surface area (Å²) in [7, 11) is 0. The zero-order valence-electron chi connectivity index (χ0n) is 9.57. The van der Waals surface area contributed by atoms with Crippen LogP contribution < -0.4 is 0 Å². The molecule has 0 saturated carbocycles. The Morgan fingerprint density at radius 3 is 2.20 bits per heavy atom. The van der Waals surface area contributed by atoms with Crippen LogP contribution >= 0.6 is 0 Å². The second-order valence-electron chi connectivity index (χ2n) is 4.30. The summed E-state index contributed by atoms with van der Waals surface area (Å²) in [6.45, 7) is 7.42.